The van der Waals surface area contributed by atoms with E-state index in [0.29, 0.717) is 5.25 Å². The lowest BCUT2D eigenvalue weighted by Crippen LogP contribution is -2.42. The Kier molecular flexibility index (Phi) is 7.04. The van der Waals surface area contributed by atoms with Crippen LogP contribution in [0.15, 0.2) is 0 Å². The zero-order valence-corrected chi connectivity index (χ0v) is 10.6. The molecular formula is C11H22N2S. The third kappa shape index (κ3) is 5.51. The monoisotopic (exact) mass is 214 g/mol. The van der Waals surface area contributed by atoms with Crippen molar-refractivity contribution in [2.45, 2.75) is 51.3 Å². The second kappa shape index (κ2) is 7.14. The molecule has 0 rings (SSSR count). The number of nitrogens with zero attached hydrogens (tertiary/aromatic N) is 1. The highest BCUT2D eigenvalue weighted by molar-refractivity contribution is 7.99. The Morgan fingerprint density at radius 3 is 2.57 bits per heavy atom. The van der Waals surface area contributed by atoms with Crippen molar-refractivity contribution in [3.63, 3.8) is 0 Å². The molecule has 0 amide bonds. The van der Waals surface area contributed by atoms with Gasteiger partial charge in [0.2, 0.25) is 0 Å². The molecular weight excluding hydrogens is 192 g/mol. The highest BCUT2D eigenvalue weighted by Gasteiger charge is 2.24. The Balaban J connectivity index is 3.98. The number of rotatable bonds is 7. The van der Waals surface area contributed by atoms with E-state index >= 15 is 0 Å². The summed E-state index contributed by atoms with van der Waals surface area (Å²) in [6.07, 6.45) is 2.13. The summed E-state index contributed by atoms with van der Waals surface area (Å²) in [7, 11) is 0. The average Bonchev–Trinajstić information content (AvgIpc) is 2.15. The van der Waals surface area contributed by atoms with E-state index in [9.17, 15) is 0 Å². The molecule has 0 saturated carbocycles. The van der Waals surface area contributed by atoms with E-state index in [0.717, 1.165) is 13.0 Å². The zero-order chi connectivity index (χ0) is 11.0. The molecule has 82 valence electrons. The van der Waals surface area contributed by atoms with Crippen LogP contribution in [0.2, 0.25) is 0 Å². The van der Waals surface area contributed by atoms with Gasteiger partial charge in [-0.15, -0.1) is 0 Å². The standard InChI is InChI=1S/C11H22N2S/c1-5-7-14-10(3)8-11(4,9-12)13-6-2/h10,13H,5-8H2,1-4H3. The summed E-state index contributed by atoms with van der Waals surface area (Å²) in [6.45, 7) is 9.27. The van der Waals surface area contributed by atoms with Crippen molar-refractivity contribution in [2.24, 2.45) is 0 Å². The van der Waals surface area contributed by atoms with Crippen LogP contribution >= 0.6 is 11.8 Å². The Morgan fingerprint density at radius 2 is 2.14 bits per heavy atom. The maximum absolute atomic E-state index is 9.07. The van der Waals surface area contributed by atoms with Crippen LogP contribution in [0.25, 0.3) is 0 Å². The summed E-state index contributed by atoms with van der Waals surface area (Å²) < 4.78 is 0. The highest BCUT2D eigenvalue weighted by Crippen LogP contribution is 2.21. The van der Waals surface area contributed by atoms with E-state index in [4.69, 9.17) is 5.26 Å². The van der Waals surface area contributed by atoms with Crippen LogP contribution in [0.1, 0.15) is 40.5 Å². The van der Waals surface area contributed by atoms with Gasteiger partial charge in [0, 0.05) is 5.25 Å². The predicted octanol–water partition coefficient (Wildman–Crippen LogP) is 2.80. The normalized spacial score (nSPS) is 17.1. The molecule has 2 nitrogen and oxygen atoms in total. The van der Waals surface area contributed by atoms with Gasteiger partial charge in [0.05, 0.1) is 6.07 Å². The van der Waals surface area contributed by atoms with Crippen LogP contribution in [0.5, 0.6) is 0 Å². The molecule has 0 spiro atoms. The van der Waals surface area contributed by atoms with Gasteiger partial charge in [0.1, 0.15) is 5.54 Å². The fourth-order valence-electron chi connectivity index (χ4n) is 1.50. The molecule has 1 N–H and O–H groups in total. The van der Waals surface area contributed by atoms with Crippen molar-refractivity contribution in [3.05, 3.63) is 0 Å². The first kappa shape index (κ1) is 13.8. The molecule has 0 aromatic carbocycles. The predicted molar refractivity (Wildman–Crippen MR) is 64.5 cm³/mol. The van der Waals surface area contributed by atoms with Gasteiger partial charge in [-0.1, -0.05) is 20.8 Å². The second-order valence-electron chi connectivity index (χ2n) is 3.86. The molecule has 14 heavy (non-hydrogen) atoms. The minimum absolute atomic E-state index is 0.352. The van der Waals surface area contributed by atoms with Crippen LogP contribution in [0, 0.1) is 11.3 Å². The first-order valence-corrected chi connectivity index (χ1v) is 6.40. The van der Waals surface area contributed by atoms with Crippen LogP contribution in [-0.2, 0) is 0 Å². The van der Waals surface area contributed by atoms with E-state index in [-0.39, 0.29) is 5.54 Å². The van der Waals surface area contributed by atoms with Crippen LogP contribution < -0.4 is 5.32 Å². The summed E-state index contributed by atoms with van der Waals surface area (Å²) in [4.78, 5) is 0. The third-order valence-corrected chi connectivity index (χ3v) is 3.50. The van der Waals surface area contributed by atoms with Crippen molar-refractivity contribution in [1.29, 1.82) is 5.26 Å². The summed E-state index contributed by atoms with van der Waals surface area (Å²) >= 11 is 1.95. The number of nitriles is 1. The van der Waals surface area contributed by atoms with E-state index in [1.807, 2.05) is 25.6 Å². The minimum Gasteiger partial charge on any atom is -0.300 e. The number of hydrogen-bond donors (Lipinski definition) is 1. The van der Waals surface area contributed by atoms with Gasteiger partial charge in [-0.3, -0.25) is 5.32 Å². The van der Waals surface area contributed by atoms with Gasteiger partial charge in [0.15, 0.2) is 0 Å². The summed E-state index contributed by atoms with van der Waals surface area (Å²) in [5.74, 6) is 1.19. The molecule has 0 aliphatic rings. The van der Waals surface area contributed by atoms with Gasteiger partial charge in [-0.05, 0) is 32.1 Å². The molecule has 0 aliphatic heterocycles. The second-order valence-corrected chi connectivity index (χ2v) is 5.41. The largest absolute Gasteiger partial charge is 0.300 e. The lowest BCUT2D eigenvalue weighted by Gasteiger charge is -2.25. The molecule has 2 atom stereocenters. The van der Waals surface area contributed by atoms with E-state index < -0.39 is 0 Å². The van der Waals surface area contributed by atoms with E-state index in [2.05, 4.69) is 25.2 Å². The van der Waals surface area contributed by atoms with Crippen molar-refractivity contribution in [3.8, 4) is 6.07 Å². The Bertz CT molecular complexity index is 188. The summed E-state index contributed by atoms with van der Waals surface area (Å²) in [6, 6.07) is 2.36. The lowest BCUT2D eigenvalue weighted by molar-refractivity contribution is 0.429. The maximum Gasteiger partial charge on any atom is 0.104 e. The minimum atomic E-state index is -0.352. The maximum atomic E-state index is 9.07. The molecule has 3 heteroatoms. The molecule has 0 fully saturated rings. The van der Waals surface area contributed by atoms with Gasteiger partial charge in [-0.25, -0.2) is 0 Å². The fourth-order valence-corrected chi connectivity index (χ4v) is 2.59. The van der Waals surface area contributed by atoms with Gasteiger partial charge >= 0.3 is 0 Å². The summed E-state index contributed by atoms with van der Waals surface area (Å²) in [5.41, 5.74) is -0.352. The van der Waals surface area contributed by atoms with Crippen LogP contribution in [0.3, 0.4) is 0 Å². The Morgan fingerprint density at radius 1 is 1.50 bits per heavy atom. The molecule has 0 radical (unpaired) electrons. The van der Waals surface area contributed by atoms with Crippen molar-refractivity contribution in [1.82, 2.24) is 5.32 Å². The number of thioether (sulfide) groups is 1. The fraction of sp³-hybridized carbons (Fsp3) is 0.909. The molecule has 0 aliphatic carbocycles. The number of nitrogens with one attached hydrogen (secondary N) is 1. The zero-order valence-electron chi connectivity index (χ0n) is 9.76. The highest BCUT2D eigenvalue weighted by atomic mass is 32.2. The summed E-state index contributed by atoms with van der Waals surface area (Å²) in [5, 5.41) is 12.9. The average molecular weight is 214 g/mol. The quantitative estimate of drug-likeness (QED) is 0.708. The molecule has 0 saturated heterocycles. The van der Waals surface area contributed by atoms with Crippen molar-refractivity contribution >= 4 is 11.8 Å². The van der Waals surface area contributed by atoms with Crippen molar-refractivity contribution < 1.29 is 0 Å². The molecule has 0 bridgehead atoms. The molecule has 2 unspecified atom stereocenters. The van der Waals surface area contributed by atoms with Crippen LogP contribution in [-0.4, -0.2) is 23.1 Å². The number of hydrogen-bond acceptors (Lipinski definition) is 3. The lowest BCUT2D eigenvalue weighted by atomic mass is 9.98. The van der Waals surface area contributed by atoms with Crippen molar-refractivity contribution in [2.75, 3.05) is 12.3 Å². The van der Waals surface area contributed by atoms with E-state index in [1.54, 1.807) is 0 Å². The molecule has 0 aromatic heterocycles. The van der Waals surface area contributed by atoms with Gasteiger partial charge < -0.3 is 0 Å². The van der Waals surface area contributed by atoms with E-state index in [1.165, 1.54) is 12.2 Å². The van der Waals surface area contributed by atoms with Crippen LogP contribution in [0.4, 0.5) is 0 Å². The topological polar surface area (TPSA) is 35.8 Å². The van der Waals surface area contributed by atoms with Gasteiger partial charge in [-0.2, -0.15) is 17.0 Å². The Hall–Kier alpha value is -0.200. The molecule has 0 heterocycles. The smallest absolute Gasteiger partial charge is 0.104 e. The first-order valence-electron chi connectivity index (χ1n) is 5.35. The Labute approximate surface area is 92.5 Å². The molecule has 0 aromatic rings. The van der Waals surface area contributed by atoms with Gasteiger partial charge in [0.25, 0.3) is 0 Å². The third-order valence-electron chi connectivity index (χ3n) is 2.12. The SMILES string of the molecule is CCCSC(C)CC(C)(C#N)NCC. The first-order chi connectivity index (χ1) is 6.58.